The third-order valence-electron chi connectivity index (χ3n) is 5.28. The maximum Gasteiger partial charge on any atom is 0.155 e. The Kier molecular flexibility index (Phi) is 8.93. The predicted molar refractivity (Wildman–Crippen MR) is 102 cm³/mol. The molecule has 0 heterocycles. The number of hydrogen-bond donors (Lipinski definition) is 1. The molecule has 1 fully saturated rings. The van der Waals surface area contributed by atoms with E-state index in [1.807, 2.05) is 44.9 Å². The molecule has 0 aliphatic heterocycles. The van der Waals surface area contributed by atoms with E-state index in [9.17, 15) is 9.90 Å². The quantitative estimate of drug-likeness (QED) is 0.641. The number of likely N-dealkylation sites (N-methyl/N-ethyl adjacent to an activating group) is 1. The Morgan fingerprint density at radius 3 is 2.17 bits per heavy atom. The van der Waals surface area contributed by atoms with Crippen molar-refractivity contribution in [1.29, 1.82) is 0 Å². The van der Waals surface area contributed by atoms with Crippen molar-refractivity contribution in [3.8, 4) is 0 Å². The summed E-state index contributed by atoms with van der Waals surface area (Å²) in [7, 11) is 1.93. The van der Waals surface area contributed by atoms with E-state index in [4.69, 9.17) is 0 Å². The Labute approximate surface area is 148 Å². The summed E-state index contributed by atoms with van der Waals surface area (Å²) in [5, 5.41) is 10.8. The minimum absolute atomic E-state index is 0.0628. The maximum atomic E-state index is 12.6. The standard InChI is InChI=1S/C21H37NO2/c1-15(2)20(23)19(22(6)16(3)4)21(24)17(5)11-7-8-12-18-13-9-10-14-18/h7-8,11-12,15-19,21,24H,9-10,13-14H2,1-6H3/b11-7+,12-8+/t17-,19-,21-/m1/s1. The maximum absolute atomic E-state index is 12.6. The summed E-state index contributed by atoms with van der Waals surface area (Å²) in [6.07, 6.45) is 13.0. The number of rotatable bonds is 9. The third kappa shape index (κ3) is 6.18. The van der Waals surface area contributed by atoms with Crippen LogP contribution in [-0.4, -0.2) is 41.0 Å². The van der Waals surface area contributed by atoms with Gasteiger partial charge >= 0.3 is 0 Å². The molecular formula is C21H37NO2. The minimum atomic E-state index is -0.691. The highest BCUT2D eigenvalue weighted by Gasteiger charge is 2.35. The van der Waals surface area contributed by atoms with Gasteiger partial charge in [0.25, 0.3) is 0 Å². The summed E-state index contributed by atoms with van der Waals surface area (Å²) < 4.78 is 0. The number of carbonyl (C=O) groups excluding carboxylic acids is 1. The molecule has 3 nitrogen and oxygen atoms in total. The van der Waals surface area contributed by atoms with E-state index in [1.54, 1.807) is 0 Å². The normalized spacial score (nSPS) is 20.8. The van der Waals surface area contributed by atoms with Crippen LogP contribution in [0.15, 0.2) is 24.3 Å². The molecule has 24 heavy (non-hydrogen) atoms. The predicted octanol–water partition coefficient (Wildman–Crippen LogP) is 4.22. The van der Waals surface area contributed by atoms with E-state index in [0.29, 0.717) is 0 Å². The molecule has 0 aromatic carbocycles. The molecule has 0 unspecified atom stereocenters. The molecule has 1 aliphatic rings. The van der Waals surface area contributed by atoms with Crippen LogP contribution < -0.4 is 0 Å². The fourth-order valence-electron chi connectivity index (χ4n) is 3.28. The van der Waals surface area contributed by atoms with Crippen LogP contribution in [0.25, 0.3) is 0 Å². The number of hydrogen-bond acceptors (Lipinski definition) is 3. The van der Waals surface area contributed by atoms with Crippen molar-refractivity contribution in [3.63, 3.8) is 0 Å². The molecule has 0 saturated heterocycles. The lowest BCUT2D eigenvalue weighted by molar-refractivity contribution is -0.132. The Hall–Kier alpha value is -0.930. The third-order valence-corrected chi connectivity index (χ3v) is 5.28. The Bertz CT molecular complexity index is 433. The lowest BCUT2D eigenvalue weighted by Crippen LogP contribution is -2.53. The van der Waals surface area contributed by atoms with Crippen molar-refractivity contribution in [2.45, 2.75) is 78.5 Å². The Morgan fingerprint density at radius 1 is 1.08 bits per heavy atom. The van der Waals surface area contributed by atoms with Gasteiger partial charge in [-0.05, 0) is 39.7 Å². The second kappa shape index (κ2) is 10.1. The zero-order valence-electron chi connectivity index (χ0n) is 16.4. The average molecular weight is 336 g/mol. The van der Waals surface area contributed by atoms with Crippen LogP contribution >= 0.6 is 0 Å². The zero-order chi connectivity index (χ0) is 18.3. The average Bonchev–Trinajstić information content (AvgIpc) is 3.04. The lowest BCUT2D eigenvalue weighted by atomic mass is 9.88. The molecule has 0 aromatic heterocycles. The van der Waals surface area contributed by atoms with Gasteiger partial charge in [0, 0.05) is 17.9 Å². The molecular weight excluding hydrogens is 298 g/mol. The van der Waals surface area contributed by atoms with Crippen molar-refractivity contribution >= 4 is 5.78 Å². The van der Waals surface area contributed by atoms with Crippen LogP contribution in [0.5, 0.6) is 0 Å². The second-order valence-corrected chi connectivity index (χ2v) is 7.93. The van der Waals surface area contributed by atoms with Crippen molar-refractivity contribution in [2.75, 3.05) is 7.05 Å². The molecule has 138 valence electrons. The van der Waals surface area contributed by atoms with Gasteiger partial charge in [0.05, 0.1) is 12.1 Å². The zero-order valence-corrected chi connectivity index (χ0v) is 16.4. The molecule has 0 bridgehead atoms. The number of ketones is 1. The smallest absolute Gasteiger partial charge is 0.155 e. The first-order valence-corrected chi connectivity index (χ1v) is 9.54. The van der Waals surface area contributed by atoms with E-state index in [2.05, 4.69) is 26.0 Å². The fraction of sp³-hybridized carbons (Fsp3) is 0.762. The summed E-state index contributed by atoms with van der Waals surface area (Å²) in [6.45, 7) is 9.90. The van der Waals surface area contributed by atoms with Crippen molar-refractivity contribution in [3.05, 3.63) is 24.3 Å². The molecule has 0 aromatic rings. The van der Waals surface area contributed by atoms with Crippen molar-refractivity contribution in [2.24, 2.45) is 17.8 Å². The van der Waals surface area contributed by atoms with Gasteiger partial charge in [-0.2, -0.15) is 0 Å². The number of nitrogens with zero attached hydrogens (tertiary/aromatic N) is 1. The van der Waals surface area contributed by atoms with Crippen LogP contribution in [-0.2, 0) is 4.79 Å². The first kappa shape index (κ1) is 21.1. The van der Waals surface area contributed by atoms with E-state index >= 15 is 0 Å². The second-order valence-electron chi connectivity index (χ2n) is 7.93. The van der Waals surface area contributed by atoms with Gasteiger partial charge in [-0.15, -0.1) is 0 Å². The molecule has 0 spiro atoms. The number of aliphatic hydroxyl groups excluding tert-OH is 1. The lowest BCUT2D eigenvalue weighted by Gasteiger charge is -2.36. The van der Waals surface area contributed by atoms with E-state index in [0.717, 1.165) is 5.92 Å². The van der Waals surface area contributed by atoms with Gasteiger partial charge in [0.2, 0.25) is 0 Å². The molecule has 0 amide bonds. The topological polar surface area (TPSA) is 40.5 Å². The minimum Gasteiger partial charge on any atom is -0.390 e. The summed E-state index contributed by atoms with van der Waals surface area (Å²) in [5.74, 6) is 0.689. The van der Waals surface area contributed by atoms with E-state index < -0.39 is 12.1 Å². The number of aliphatic hydroxyl groups is 1. The van der Waals surface area contributed by atoms with Crippen LogP contribution in [0.1, 0.15) is 60.3 Å². The van der Waals surface area contributed by atoms with E-state index in [-0.39, 0.29) is 23.7 Å². The van der Waals surface area contributed by atoms with E-state index in [1.165, 1.54) is 25.7 Å². The molecule has 1 rings (SSSR count). The molecule has 1 N–H and O–H groups in total. The molecule has 1 aliphatic carbocycles. The van der Waals surface area contributed by atoms with Gasteiger partial charge in [0.15, 0.2) is 5.78 Å². The van der Waals surface area contributed by atoms with Gasteiger partial charge < -0.3 is 5.11 Å². The summed E-state index contributed by atoms with van der Waals surface area (Å²) in [4.78, 5) is 14.6. The van der Waals surface area contributed by atoms with Gasteiger partial charge in [-0.3, -0.25) is 9.69 Å². The highest BCUT2D eigenvalue weighted by Crippen LogP contribution is 2.25. The van der Waals surface area contributed by atoms with Gasteiger partial charge in [-0.25, -0.2) is 0 Å². The monoisotopic (exact) mass is 335 g/mol. The largest absolute Gasteiger partial charge is 0.390 e. The molecule has 1 saturated carbocycles. The summed E-state index contributed by atoms with van der Waals surface area (Å²) in [5.41, 5.74) is 0. The van der Waals surface area contributed by atoms with Crippen LogP contribution in [0.3, 0.4) is 0 Å². The highest BCUT2D eigenvalue weighted by molar-refractivity contribution is 5.86. The number of carbonyl (C=O) groups is 1. The Balaban J connectivity index is 2.72. The van der Waals surface area contributed by atoms with Gasteiger partial charge in [0.1, 0.15) is 0 Å². The van der Waals surface area contributed by atoms with Crippen molar-refractivity contribution in [1.82, 2.24) is 4.90 Å². The van der Waals surface area contributed by atoms with Gasteiger partial charge in [-0.1, -0.05) is 57.9 Å². The van der Waals surface area contributed by atoms with Crippen LogP contribution in [0, 0.1) is 17.8 Å². The molecule has 3 heteroatoms. The first-order chi connectivity index (χ1) is 11.3. The first-order valence-electron chi connectivity index (χ1n) is 9.54. The van der Waals surface area contributed by atoms with Crippen LogP contribution in [0.2, 0.25) is 0 Å². The highest BCUT2D eigenvalue weighted by atomic mass is 16.3. The number of Topliss-reactive ketones (excluding diaryl/α,β-unsaturated/α-hetero) is 1. The fourth-order valence-corrected chi connectivity index (χ4v) is 3.28. The van der Waals surface area contributed by atoms with Crippen LogP contribution in [0.4, 0.5) is 0 Å². The number of allylic oxidation sites excluding steroid dienone is 3. The molecule has 3 atom stereocenters. The summed E-state index contributed by atoms with van der Waals surface area (Å²) in [6, 6.07) is -0.241. The SMILES string of the molecule is CC(C)C(=O)[C@H]([C@H](O)[C@H](C)/C=C/C=C/C1CCCC1)N(C)C(C)C. The Morgan fingerprint density at radius 2 is 1.67 bits per heavy atom. The van der Waals surface area contributed by atoms with Crippen molar-refractivity contribution < 1.29 is 9.90 Å². The summed E-state index contributed by atoms with van der Waals surface area (Å²) >= 11 is 0. The molecule has 0 radical (unpaired) electrons.